The Kier molecular flexibility index (Phi) is 2.60. The second kappa shape index (κ2) is 4.06. The quantitative estimate of drug-likeness (QED) is 0.704. The van der Waals surface area contributed by atoms with E-state index in [9.17, 15) is 9.18 Å². The minimum atomic E-state index is -0.290. The molecule has 2 aliphatic carbocycles. The van der Waals surface area contributed by atoms with Gasteiger partial charge in [0.1, 0.15) is 5.82 Å². The van der Waals surface area contributed by atoms with Gasteiger partial charge in [0.05, 0.1) is 10.2 Å². The first-order valence-electron chi connectivity index (χ1n) is 7.29. The minimum absolute atomic E-state index is 0.0559. The number of benzene rings is 1. The molecule has 0 radical (unpaired) electrons. The number of rotatable bonds is 1. The fourth-order valence-electron chi connectivity index (χ4n) is 4.15. The van der Waals surface area contributed by atoms with E-state index in [1.54, 1.807) is 4.90 Å². The third-order valence-electron chi connectivity index (χ3n) is 5.74. The van der Waals surface area contributed by atoms with Gasteiger partial charge >= 0.3 is 0 Å². The first-order valence-corrected chi connectivity index (χ1v) is 8.08. The van der Waals surface area contributed by atoms with Gasteiger partial charge in [-0.15, -0.1) is 0 Å². The smallest absolute Gasteiger partial charge is 0.214 e. The van der Waals surface area contributed by atoms with Crippen molar-refractivity contribution in [3.63, 3.8) is 0 Å². The van der Waals surface area contributed by atoms with Gasteiger partial charge in [0.2, 0.25) is 6.41 Å². The maximum Gasteiger partial charge on any atom is 0.214 e. The molecule has 0 saturated heterocycles. The third-order valence-corrected chi connectivity index (χ3v) is 6.35. The molecule has 1 aromatic rings. The summed E-state index contributed by atoms with van der Waals surface area (Å²) in [7, 11) is 0. The predicted molar refractivity (Wildman–Crippen MR) is 79.3 cm³/mol. The van der Waals surface area contributed by atoms with Crippen LogP contribution in [0.5, 0.6) is 0 Å². The van der Waals surface area contributed by atoms with Crippen molar-refractivity contribution in [2.24, 2.45) is 5.41 Å². The standard InChI is InChI=1S/C16H17BrFNO/c17-12-7-11-14(8-13(12)18)19(10-20)9-16(11)5-3-15(1-2-15)4-6-16/h7-8,10H,1-6,9H2. The number of carbonyl (C=O) groups excluding carboxylic acids is 1. The molecule has 2 fully saturated rings. The molecule has 0 atom stereocenters. The van der Waals surface area contributed by atoms with Crippen molar-refractivity contribution >= 4 is 28.0 Å². The molecule has 0 unspecified atom stereocenters. The highest BCUT2D eigenvalue weighted by Gasteiger charge is 2.53. The Morgan fingerprint density at radius 1 is 1.15 bits per heavy atom. The molecule has 4 heteroatoms. The molecule has 0 N–H and O–H groups in total. The topological polar surface area (TPSA) is 20.3 Å². The monoisotopic (exact) mass is 337 g/mol. The van der Waals surface area contributed by atoms with Crippen LogP contribution in [0.15, 0.2) is 16.6 Å². The number of carbonyl (C=O) groups is 1. The van der Waals surface area contributed by atoms with Gasteiger partial charge in [-0.25, -0.2) is 4.39 Å². The van der Waals surface area contributed by atoms with Crippen LogP contribution in [0.2, 0.25) is 0 Å². The molecular formula is C16H17BrFNO. The van der Waals surface area contributed by atoms with Crippen molar-refractivity contribution in [3.8, 4) is 0 Å². The van der Waals surface area contributed by atoms with Gasteiger partial charge in [-0.2, -0.15) is 0 Å². The molecule has 106 valence electrons. The summed E-state index contributed by atoms with van der Waals surface area (Å²) in [4.78, 5) is 13.0. The minimum Gasteiger partial charge on any atom is -0.314 e. The highest BCUT2D eigenvalue weighted by atomic mass is 79.9. The summed E-state index contributed by atoms with van der Waals surface area (Å²) in [6, 6.07) is 3.41. The molecule has 1 heterocycles. The predicted octanol–water partition coefficient (Wildman–Crippen LogP) is 4.16. The molecular weight excluding hydrogens is 321 g/mol. The Morgan fingerprint density at radius 2 is 1.80 bits per heavy atom. The summed E-state index contributed by atoms with van der Waals surface area (Å²) in [6.07, 6.45) is 8.37. The SMILES string of the molecule is O=CN1CC2(CCC3(CC3)CC2)c2cc(Br)c(F)cc21. The van der Waals surface area contributed by atoms with Crippen molar-refractivity contribution < 1.29 is 9.18 Å². The second-order valence-electron chi connectivity index (χ2n) is 6.80. The van der Waals surface area contributed by atoms with Crippen LogP contribution in [0, 0.1) is 11.2 Å². The Labute approximate surface area is 126 Å². The maximum absolute atomic E-state index is 13.8. The van der Waals surface area contributed by atoms with Gasteiger partial charge in [0.15, 0.2) is 0 Å². The van der Waals surface area contributed by atoms with E-state index in [0.29, 0.717) is 9.89 Å². The van der Waals surface area contributed by atoms with Crippen molar-refractivity contribution in [2.45, 2.75) is 43.9 Å². The van der Waals surface area contributed by atoms with Gasteiger partial charge < -0.3 is 4.90 Å². The molecule has 3 aliphatic rings. The van der Waals surface area contributed by atoms with E-state index in [-0.39, 0.29) is 11.2 Å². The summed E-state index contributed by atoms with van der Waals surface area (Å²) >= 11 is 3.29. The lowest BCUT2D eigenvalue weighted by molar-refractivity contribution is -0.107. The number of nitrogens with zero attached hydrogens (tertiary/aromatic N) is 1. The zero-order valence-electron chi connectivity index (χ0n) is 11.3. The van der Waals surface area contributed by atoms with E-state index >= 15 is 0 Å². The first kappa shape index (κ1) is 12.8. The number of anilines is 1. The van der Waals surface area contributed by atoms with Crippen LogP contribution < -0.4 is 4.90 Å². The van der Waals surface area contributed by atoms with Crippen molar-refractivity contribution in [1.29, 1.82) is 0 Å². The lowest BCUT2D eigenvalue weighted by Crippen LogP contribution is -2.37. The molecule has 1 aromatic carbocycles. The number of hydrogen-bond donors (Lipinski definition) is 0. The molecule has 20 heavy (non-hydrogen) atoms. The molecule has 4 rings (SSSR count). The van der Waals surface area contributed by atoms with E-state index in [1.807, 2.05) is 6.07 Å². The number of amides is 1. The van der Waals surface area contributed by atoms with Crippen LogP contribution in [0.25, 0.3) is 0 Å². The third kappa shape index (κ3) is 1.70. The molecule has 1 aliphatic heterocycles. The van der Waals surface area contributed by atoms with Crippen LogP contribution in [0.3, 0.4) is 0 Å². The van der Waals surface area contributed by atoms with Gasteiger partial charge in [-0.1, -0.05) is 0 Å². The summed E-state index contributed by atoms with van der Waals surface area (Å²) < 4.78 is 14.3. The molecule has 0 aromatic heterocycles. The van der Waals surface area contributed by atoms with E-state index in [2.05, 4.69) is 15.9 Å². The highest BCUT2D eigenvalue weighted by molar-refractivity contribution is 9.10. The number of hydrogen-bond acceptors (Lipinski definition) is 1. The van der Waals surface area contributed by atoms with Crippen LogP contribution in [0.1, 0.15) is 44.1 Å². The Bertz CT molecular complexity index is 586. The zero-order valence-corrected chi connectivity index (χ0v) is 12.9. The average molecular weight is 338 g/mol. The summed E-state index contributed by atoms with van der Waals surface area (Å²) in [5.41, 5.74) is 2.61. The van der Waals surface area contributed by atoms with E-state index in [4.69, 9.17) is 0 Å². The zero-order chi connectivity index (χ0) is 14.0. The van der Waals surface area contributed by atoms with Gasteiger partial charge in [0.25, 0.3) is 0 Å². The van der Waals surface area contributed by atoms with Crippen molar-refractivity contribution in [2.75, 3.05) is 11.4 Å². The number of halogens is 2. The average Bonchev–Trinajstić information content (AvgIpc) is 3.15. The fourth-order valence-corrected chi connectivity index (χ4v) is 4.50. The van der Waals surface area contributed by atoms with E-state index in [1.165, 1.54) is 31.7 Å². The molecule has 2 nitrogen and oxygen atoms in total. The normalized spacial score (nSPS) is 25.0. The van der Waals surface area contributed by atoms with Gasteiger partial charge in [-0.3, -0.25) is 4.79 Å². The summed E-state index contributed by atoms with van der Waals surface area (Å²) in [6.45, 7) is 0.720. The Hall–Kier alpha value is -0.900. The van der Waals surface area contributed by atoms with Crippen LogP contribution in [-0.2, 0) is 10.2 Å². The van der Waals surface area contributed by atoms with Crippen LogP contribution in [-0.4, -0.2) is 13.0 Å². The van der Waals surface area contributed by atoms with Crippen LogP contribution in [0.4, 0.5) is 10.1 Å². The lowest BCUT2D eigenvalue weighted by atomic mass is 9.66. The fraction of sp³-hybridized carbons (Fsp3) is 0.562. The molecule has 2 saturated carbocycles. The molecule has 0 bridgehead atoms. The first-order chi connectivity index (χ1) is 9.57. The molecule has 2 spiro atoms. The second-order valence-corrected chi connectivity index (χ2v) is 7.65. The summed E-state index contributed by atoms with van der Waals surface area (Å²) in [5, 5.41) is 0. The Morgan fingerprint density at radius 3 is 2.40 bits per heavy atom. The Balaban J connectivity index is 1.77. The van der Waals surface area contributed by atoms with Crippen molar-refractivity contribution in [3.05, 3.63) is 28.0 Å². The van der Waals surface area contributed by atoms with Crippen LogP contribution >= 0.6 is 15.9 Å². The molecule has 1 amide bonds. The summed E-state index contributed by atoms with van der Waals surface area (Å²) in [5.74, 6) is -0.290. The lowest BCUT2D eigenvalue weighted by Gasteiger charge is -2.38. The highest BCUT2D eigenvalue weighted by Crippen LogP contribution is 2.62. The van der Waals surface area contributed by atoms with E-state index in [0.717, 1.165) is 37.0 Å². The van der Waals surface area contributed by atoms with Crippen molar-refractivity contribution in [1.82, 2.24) is 0 Å². The van der Waals surface area contributed by atoms with E-state index < -0.39 is 0 Å². The van der Waals surface area contributed by atoms with Gasteiger partial charge in [0, 0.05) is 12.0 Å². The number of fused-ring (bicyclic) bond motifs is 2. The maximum atomic E-state index is 13.8. The van der Waals surface area contributed by atoms with Gasteiger partial charge in [-0.05, 0) is 77.6 Å². The largest absolute Gasteiger partial charge is 0.314 e.